The van der Waals surface area contributed by atoms with E-state index < -0.39 is 34.3 Å². The van der Waals surface area contributed by atoms with Gasteiger partial charge in [0.15, 0.2) is 6.61 Å². The number of benzene rings is 2. The Morgan fingerprint density at radius 1 is 1.11 bits per heavy atom. The molecule has 0 atom stereocenters. The minimum absolute atomic E-state index is 0.0177. The van der Waals surface area contributed by atoms with E-state index in [2.05, 4.69) is 5.32 Å². The summed E-state index contributed by atoms with van der Waals surface area (Å²) in [5, 5.41) is 2.29. The van der Waals surface area contributed by atoms with E-state index in [0.29, 0.717) is 0 Å². The number of ether oxygens (including phenoxy) is 1. The summed E-state index contributed by atoms with van der Waals surface area (Å²) in [5.74, 6) is -2.20. The lowest BCUT2D eigenvalue weighted by Gasteiger charge is -2.13. The van der Waals surface area contributed by atoms with Crippen LogP contribution < -0.4 is 5.32 Å². The van der Waals surface area contributed by atoms with E-state index in [1.165, 1.54) is 32.3 Å². The van der Waals surface area contributed by atoms with Gasteiger partial charge in [0, 0.05) is 14.1 Å². The molecule has 0 bridgehead atoms. The first-order valence-electron chi connectivity index (χ1n) is 7.66. The number of rotatable bonds is 6. The van der Waals surface area contributed by atoms with Crippen molar-refractivity contribution in [3.05, 3.63) is 57.8 Å². The summed E-state index contributed by atoms with van der Waals surface area (Å²) < 4.78 is 43.3. The fourth-order valence-corrected chi connectivity index (χ4v) is 3.62. The van der Waals surface area contributed by atoms with Gasteiger partial charge in [-0.25, -0.2) is 21.9 Å². The molecule has 0 heterocycles. The summed E-state index contributed by atoms with van der Waals surface area (Å²) in [6.07, 6.45) is 0. The third-order valence-electron chi connectivity index (χ3n) is 3.47. The van der Waals surface area contributed by atoms with Gasteiger partial charge >= 0.3 is 5.97 Å². The maximum Gasteiger partial charge on any atom is 0.338 e. The minimum atomic E-state index is -3.87. The van der Waals surface area contributed by atoms with Crippen molar-refractivity contribution in [3.63, 3.8) is 0 Å². The van der Waals surface area contributed by atoms with Gasteiger partial charge in [-0.2, -0.15) is 0 Å². The Balaban J connectivity index is 2.08. The van der Waals surface area contributed by atoms with Crippen LogP contribution in [0.25, 0.3) is 0 Å². The molecular formula is C17H15Cl2FN2O5S. The number of carbonyl (C=O) groups excluding carboxylic acids is 2. The molecule has 2 aromatic rings. The van der Waals surface area contributed by atoms with Gasteiger partial charge < -0.3 is 10.1 Å². The van der Waals surface area contributed by atoms with Gasteiger partial charge in [-0.1, -0.05) is 23.2 Å². The van der Waals surface area contributed by atoms with Crippen LogP contribution in [-0.2, 0) is 19.6 Å². The third kappa shape index (κ3) is 5.20. The van der Waals surface area contributed by atoms with Crippen LogP contribution in [0.3, 0.4) is 0 Å². The first kappa shape index (κ1) is 22.1. The third-order valence-corrected chi connectivity index (χ3v) is 6.07. The largest absolute Gasteiger partial charge is 0.452 e. The molecule has 0 saturated carbocycles. The Kier molecular flexibility index (Phi) is 7.00. The van der Waals surface area contributed by atoms with Crippen molar-refractivity contribution in [1.82, 2.24) is 4.31 Å². The number of nitrogens with zero attached hydrogens (tertiary/aromatic N) is 1. The molecule has 0 aliphatic carbocycles. The van der Waals surface area contributed by atoms with Crippen molar-refractivity contribution >= 4 is 50.8 Å². The molecule has 2 aromatic carbocycles. The van der Waals surface area contributed by atoms with Crippen molar-refractivity contribution < 1.29 is 27.1 Å². The van der Waals surface area contributed by atoms with Crippen molar-refractivity contribution in [3.8, 4) is 0 Å². The van der Waals surface area contributed by atoms with Crippen LogP contribution >= 0.6 is 23.2 Å². The minimum Gasteiger partial charge on any atom is -0.452 e. The van der Waals surface area contributed by atoms with Crippen molar-refractivity contribution in [2.24, 2.45) is 0 Å². The van der Waals surface area contributed by atoms with E-state index in [4.69, 9.17) is 27.9 Å². The Labute approximate surface area is 171 Å². The summed E-state index contributed by atoms with van der Waals surface area (Å²) in [5.41, 5.74) is 0.0485. The van der Waals surface area contributed by atoms with Crippen LogP contribution in [0.1, 0.15) is 10.4 Å². The Bertz CT molecular complexity index is 1030. The summed E-state index contributed by atoms with van der Waals surface area (Å²) in [6.45, 7) is -0.662. The highest BCUT2D eigenvalue weighted by molar-refractivity contribution is 7.89. The van der Waals surface area contributed by atoms with Gasteiger partial charge in [0.2, 0.25) is 10.0 Å². The molecule has 1 amide bonds. The monoisotopic (exact) mass is 448 g/mol. The lowest BCUT2D eigenvalue weighted by atomic mass is 10.2. The molecule has 0 radical (unpaired) electrons. The summed E-state index contributed by atoms with van der Waals surface area (Å²) in [4.78, 5) is 23.8. The summed E-state index contributed by atoms with van der Waals surface area (Å²) in [7, 11) is -1.23. The smallest absolute Gasteiger partial charge is 0.338 e. The molecule has 7 nitrogen and oxygen atoms in total. The van der Waals surface area contributed by atoms with Crippen LogP contribution in [0.15, 0.2) is 41.3 Å². The SMILES string of the molecule is CN(C)S(=O)(=O)c1cc(C(=O)OCC(=O)Nc2ccc(F)cc2Cl)ccc1Cl. The van der Waals surface area contributed by atoms with Gasteiger partial charge in [-0.15, -0.1) is 0 Å². The molecule has 28 heavy (non-hydrogen) atoms. The van der Waals surface area contributed by atoms with Crippen LogP contribution in [0.5, 0.6) is 0 Å². The Morgan fingerprint density at radius 2 is 1.79 bits per heavy atom. The molecule has 0 aromatic heterocycles. The Hall–Kier alpha value is -2.20. The zero-order chi connectivity index (χ0) is 21.1. The number of esters is 1. The number of sulfonamides is 1. The molecule has 0 saturated heterocycles. The fraction of sp³-hybridized carbons (Fsp3) is 0.176. The zero-order valence-corrected chi connectivity index (χ0v) is 17.0. The highest BCUT2D eigenvalue weighted by Crippen LogP contribution is 2.25. The standard InChI is InChI=1S/C17H15Cl2FN2O5S/c1-22(2)28(25,26)15-7-10(3-5-12(15)18)17(24)27-9-16(23)21-14-6-4-11(20)8-13(14)19/h3-8H,9H2,1-2H3,(H,21,23). The van der Waals surface area contributed by atoms with Gasteiger partial charge in [-0.3, -0.25) is 4.79 Å². The molecule has 1 N–H and O–H groups in total. The number of anilines is 1. The number of hydrogen-bond donors (Lipinski definition) is 1. The van der Waals surface area contributed by atoms with E-state index in [1.807, 2.05) is 0 Å². The average Bonchev–Trinajstić information content (AvgIpc) is 2.62. The molecule has 2 rings (SSSR count). The average molecular weight is 449 g/mol. The normalized spacial score (nSPS) is 11.4. The second-order valence-corrected chi connectivity index (χ2v) is 8.62. The van der Waals surface area contributed by atoms with E-state index in [1.54, 1.807) is 0 Å². The molecule has 0 fully saturated rings. The molecule has 0 spiro atoms. The molecule has 0 unspecified atom stereocenters. The van der Waals surface area contributed by atoms with Crippen molar-refractivity contribution in [2.75, 3.05) is 26.0 Å². The van der Waals surface area contributed by atoms with Crippen LogP contribution in [0.2, 0.25) is 10.0 Å². The van der Waals surface area contributed by atoms with Gasteiger partial charge in [0.25, 0.3) is 5.91 Å². The highest BCUT2D eigenvalue weighted by Gasteiger charge is 2.23. The van der Waals surface area contributed by atoms with Gasteiger partial charge in [0.05, 0.1) is 21.3 Å². The second-order valence-electron chi connectivity index (χ2n) is 5.68. The van der Waals surface area contributed by atoms with Crippen LogP contribution in [-0.4, -0.2) is 45.3 Å². The van der Waals surface area contributed by atoms with Crippen molar-refractivity contribution in [2.45, 2.75) is 4.90 Å². The molecule has 0 aliphatic heterocycles. The first-order valence-corrected chi connectivity index (χ1v) is 9.86. The van der Waals surface area contributed by atoms with Gasteiger partial charge in [0.1, 0.15) is 10.7 Å². The lowest BCUT2D eigenvalue weighted by Crippen LogP contribution is -2.23. The Morgan fingerprint density at radius 3 is 2.39 bits per heavy atom. The number of amides is 1. The lowest BCUT2D eigenvalue weighted by molar-refractivity contribution is -0.119. The number of hydrogen-bond acceptors (Lipinski definition) is 5. The summed E-state index contributed by atoms with van der Waals surface area (Å²) >= 11 is 11.7. The van der Waals surface area contributed by atoms with Crippen LogP contribution in [0, 0.1) is 5.82 Å². The second kappa shape index (κ2) is 8.87. The number of halogens is 3. The number of nitrogens with one attached hydrogen (secondary N) is 1. The van der Waals surface area contributed by atoms with Gasteiger partial charge in [-0.05, 0) is 36.4 Å². The zero-order valence-electron chi connectivity index (χ0n) is 14.7. The van der Waals surface area contributed by atoms with E-state index in [0.717, 1.165) is 22.5 Å². The van der Waals surface area contributed by atoms with Crippen LogP contribution in [0.4, 0.5) is 10.1 Å². The maximum absolute atomic E-state index is 13.0. The fourth-order valence-electron chi connectivity index (χ4n) is 2.02. The maximum atomic E-state index is 13.0. The molecule has 11 heteroatoms. The first-order chi connectivity index (χ1) is 13.0. The van der Waals surface area contributed by atoms with E-state index in [-0.39, 0.29) is 26.2 Å². The number of carbonyl (C=O) groups is 2. The highest BCUT2D eigenvalue weighted by atomic mass is 35.5. The molecule has 150 valence electrons. The predicted molar refractivity (Wildman–Crippen MR) is 103 cm³/mol. The summed E-state index contributed by atoms with van der Waals surface area (Å²) in [6, 6.07) is 6.96. The molecular weight excluding hydrogens is 434 g/mol. The van der Waals surface area contributed by atoms with E-state index in [9.17, 15) is 22.4 Å². The van der Waals surface area contributed by atoms with Crippen molar-refractivity contribution in [1.29, 1.82) is 0 Å². The predicted octanol–water partition coefficient (Wildman–Crippen LogP) is 3.18. The molecule has 0 aliphatic rings. The van der Waals surface area contributed by atoms with E-state index >= 15 is 0 Å². The topological polar surface area (TPSA) is 92.8 Å². The quantitative estimate of drug-likeness (QED) is 0.684.